The average molecular weight is 620 g/mol. The van der Waals surface area contributed by atoms with Gasteiger partial charge in [0.25, 0.3) is 11.8 Å². The molecule has 4 aromatic rings. The molecule has 230 valence electrons. The molecule has 1 aliphatic heterocycles. The van der Waals surface area contributed by atoms with Crippen molar-refractivity contribution in [3.05, 3.63) is 112 Å². The minimum absolute atomic E-state index is 0.0393. The van der Waals surface area contributed by atoms with E-state index in [-0.39, 0.29) is 18.9 Å². The maximum absolute atomic E-state index is 14.9. The Balaban J connectivity index is 1.71. The quantitative estimate of drug-likeness (QED) is 0.104. The second kappa shape index (κ2) is 12.1. The topological polar surface area (TPSA) is 116 Å². The summed E-state index contributed by atoms with van der Waals surface area (Å²) in [5, 5.41) is 21.7. The van der Waals surface area contributed by atoms with Gasteiger partial charge in [-0.25, -0.2) is 4.98 Å². The smallest absolute Gasteiger partial charge is 0.415 e. The van der Waals surface area contributed by atoms with Crippen molar-refractivity contribution in [2.75, 3.05) is 5.32 Å². The van der Waals surface area contributed by atoms with Gasteiger partial charge in [0.05, 0.1) is 17.6 Å². The van der Waals surface area contributed by atoms with Crippen molar-refractivity contribution in [3.63, 3.8) is 0 Å². The molecule has 0 spiro atoms. The molecule has 5 rings (SSSR count). The van der Waals surface area contributed by atoms with Crippen molar-refractivity contribution < 1.29 is 40.4 Å². The highest BCUT2D eigenvalue weighted by atomic mass is 19.4. The first kappa shape index (κ1) is 30.7. The van der Waals surface area contributed by atoms with Crippen LogP contribution < -0.4 is 5.32 Å². The predicted molar refractivity (Wildman–Crippen MR) is 144 cm³/mol. The Morgan fingerprint density at radius 2 is 1.68 bits per heavy atom. The van der Waals surface area contributed by atoms with E-state index in [0.717, 1.165) is 0 Å². The number of anilines is 1. The Bertz CT molecular complexity index is 1640. The molecule has 0 amide bonds. The highest BCUT2D eigenvalue weighted by Crippen LogP contribution is 2.47. The minimum Gasteiger partial charge on any atom is -0.415 e. The Hall–Kier alpha value is -4.79. The molecule has 0 fully saturated rings. The molecule has 1 aliphatic rings. The van der Waals surface area contributed by atoms with E-state index in [2.05, 4.69) is 20.5 Å². The zero-order chi connectivity index (χ0) is 31.5. The van der Waals surface area contributed by atoms with E-state index in [1.165, 1.54) is 12.2 Å². The van der Waals surface area contributed by atoms with Gasteiger partial charge in [-0.1, -0.05) is 72.8 Å². The van der Waals surface area contributed by atoms with E-state index in [1.807, 2.05) is 0 Å². The lowest BCUT2D eigenvalue weighted by molar-refractivity contribution is -0.384. The summed E-state index contributed by atoms with van der Waals surface area (Å²) < 4.78 is 98.0. The normalized spacial score (nSPS) is 19.2. The molecule has 2 aromatic carbocycles. The summed E-state index contributed by atoms with van der Waals surface area (Å²) in [4.78, 5) is 14.6. The molecule has 4 bridgehead atoms. The fourth-order valence-electron chi connectivity index (χ4n) is 4.74. The molecular weight excluding hydrogens is 596 g/mol. The first-order valence-electron chi connectivity index (χ1n) is 13.2. The lowest BCUT2D eigenvalue weighted by Gasteiger charge is -2.32. The number of aromatic nitrogens is 3. The number of hydrogen-bond donors (Lipinski definition) is 1. The van der Waals surface area contributed by atoms with Crippen LogP contribution in [0, 0.1) is 10.1 Å². The van der Waals surface area contributed by atoms with E-state index in [0.29, 0.717) is 11.1 Å². The van der Waals surface area contributed by atoms with E-state index in [1.54, 1.807) is 60.7 Å². The third-order valence-corrected chi connectivity index (χ3v) is 6.98. The van der Waals surface area contributed by atoms with Gasteiger partial charge < -0.3 is 14.5 Å². The Morgan fingerprint density at radius 3 is 2.32 bits per heavy atom. The third kappa shape index (κ3) is 6.27. The number of halogens is 6. The summed E-state index contributed by atoms with van der Waals surface area (Å²) >= 11 is 0. The van der Waals surface area contributed by atoms with Gasteiger partial charge in [0.15, 0.2) is 0 Å². The van der Waals surface area contributed by atoms with Crippen molar-refractivity contribution in [1.29, 1.82) is 0 Å². The molecule has 1 N–H and O–H groups in total. The maximum Gasteiger partial charge on any atom is 0.426 e. The van der Waals surface area contributed by atoms with Crippen LogP contribution >= 0.6 is 0 Å². The van der Waals surface area contributed by atoms with Crippen molar-refractivity contribution in [1.82, 2.24) is 15.2 Å². The van der Waals surface area contributed by atoms with Crippen molar-refractivity contribution in [2.24, 2.45) is 0 Å². The Labute approximate surface area is 245 Å². The number of allylic oxidation sites excluding steroid dienone is 1. The predicted octanol–water partition coefficient (Wildman–Crippen LogP) is 7.93. The first-order valence-corrected chi connectivity index (χ1v) is 13.2. The zero-order valence-electron chi connectivity index (χ0n) is 22.6. The van der Waals surface area contributed by atoms with Gasteiger partial charge in [-0.2, -0.15) is 26.3 Å². The van der Waals surface area contributed by atoms with E-state index >= 15 is 0 Å². The first-order chi connectivity index (χ1) is 20.9. The number of fused-ring (bicyclic) bond motifs is 5. The number of nitro groups is 1. The molecule has 0 saturated heterocycles. The lowest BCUT2D eigenvalue weighted by atomic mass is 9.95. The summed E-state index contributed by atoms with van der Waals surface area (Å²) in [6, 6.07) is 15.7. The molecule has 0 aliphatic carbocycles. The highest BCUT2D eigenvalue weighted by Gasteiger charge is 2.61. The van der Waals surface area contributed by atoms with Crippen LogP contribution in [-0.4, -0.2) is 26.3 Å². The number of benzene rings is 2. The summed E-state index contributed by atoms with van der Waals surface area (Å²) in [6.07, 6.45) is -8.10. The molecule has 9 nitrogen and oxygen atoms in total. The maximum atomic E-state index is 14.9. The monoisotopic (exact) mass is 619 g/mol. The second-order valence-electron chi connectivity index (χ2n) is 9.87. The number of alkyl halides is 6. The molecule has 2 unspecified atom stereocenters. The minimum atomic E-state index is -5.12. The fraction of sp³-hybridized carbons (Fsp3) is 0.276. The van der Waals surface area contributed by atoms with Gasteiger partial charge in [-0.05, 0) is 30.4 Å². The molecule has 15 heteroatoms. The van der Waals surface area contributed by atoms with Gasteiger partial charge in [0.2, 0.25) is 11.3 Å². The molecular formula is C29H23F6N5O4. The molecule has 0 saturated carbocycles. The number of ether oxygens (including phenoxy) is 1. The number of nitrogens with one attached hydrogen (secondary N) is 1. The van der Waals surface area contributed by atoms with E-state index < -0.39 is 76.5 Å². The fourth-order valence-corrected chi connectivity index (χ4v) is 4.74. The van der Waals surface area contributed by atoms with Crippen LogP contribution in [-0.2, 0) is 23.1 Å². The summed E-state index contributed by atoms with van der Waals surface area (Å²) in [6.45, 7) is -0.509. The van der Waals surface area contributed by atoms with Gasteiger partial charge in [0.1, 0.15) is 11.4 Å². The van der Waals surface area contributed by atoms with Crippen molar-refractivity contribution >= 4 is 11.5 Å². The van der Waals surface area contributed by atoms with Gasteiger partial charge >= 0.3 is 18.0 Å². The zero-order valence-corrected chi connectivity index (χ0v) is 22.6. The number of pyridine rings is 1. The average Bonchev–Trinajstić information content (AvgIpc) is 3.47. The second-order valence-corrected chi connectivity index (χ2v) is 9.87. The number of rotatable bonds is 5. The molecule has 2 atom stereocenters. The van der Waals surface area contributed by atoms with Crippen LogP contribution in [0.15, 0.2) is 83.3 Å². The number of hydrogen-bond acceptors (Lipinski definition) is 8. The SMILES string of the molecule is O=[N+]([O-])c1cc(C(F)(F)F)c2nc1-c1nnc(o1)C(OCc1ccccc1)(C(F)(F)F)CCC=CCC(c1ccccc1)N2. The number of nitrogens with zero attached hydrogens (tertiary/aromatic N) is 4. The molecule has 0 radical (unpaired) electrons. The summed E-state index contributed by atoms with van der Waals surface area (Å²) in [5.41, 5.74) is -5.71. The third-order valence-electron chi connectivity index (χ3n) is 6.98. The van der Waals surface area contributed by atoms with Crippen LogP contribution in [0.1, 0.15) is 47.9 Å². The van der Waals surface area contributed by atoms with Crippen LogP contribution in [0.4, 0.5) is 37.8 Å². The van der Waals surface area contributed by atoms with Gasteiger partial charge in [-0.15, -0.1) is 10.2 Å². The highest BCUT2D eigenvalue weighted by molar-refractivity contribution is 5.68. The van der Waals surface area contributed by atoms with Gasteiger partial charge in [-0.3, -0.25) is 10.1 Å². The lowest BCUT2D eigenvalue weighted by Crippen LogP contribution is -2.45. The standard InChI is InChI=1S/C29H23F6N5O4/c30-28(31,32)20-16-22(40(41)42)23-25-38-39-26(44-25)27(29(33,34)35,43-17-18-10-4-1-5-11-18)15-9-3-8-14-21(36-24(20)37-23)19-12-6-2-7-13-19/h1-8,10-13,16,21H,9,14-15,17H2,(H,36,37). The van der Waals surface area contributed by atoms with Crippen LogP contribution in [0.2, 0.25) is 0 Å². The molecule has 3 heterocycles. The molecule has 44 heavy (non-hydrogen) atoms. The summed E-state index contributed by atoms with van der Waals surface area (Å²) in [5.74, 6) is -2.77. The molecule has 2 aromatic heterocycles. The Kier molecular flexibility index (Phi) is 8.41. The van der Waals surface area contributed by atoms with Gasteiger partial charge in [0, 0.05) is 6.07 Å². The van der Waals surface area contributed by atoms with Crippen molar-refractivity contribution in [2.45, 2.75) is 49.9 Å². The largest absolute Gasteiger partial charge is 0.426 e. The van der Waals surface area contributed by atoms with Crippen LogP contribution in [0.3, 0.4) is 0 Å². The van der Waals surface area contributed by atoms with Crippen LogP contribution in [0.25, 0.3) is 11.6 Å². The van der Waals surface area contributed by atoms with E-state index in [9.17, 15) is 36.5 Å². The Morgan fingerprint density at radius 1 is 1.00 bits per heavy atom. The summed E-state index contributed by atoms with van der Waals surface area (Å²) in [7, 11) is 0. The van der Waals surface area contributed by atoms with Crippen LogP contribution in [0.5, 0.6) is 0 Å². The van der Waals surface area contributed by atoms with Crippen molar-refractivity contribution in [3.8, 4) is 11.6 Å². The van der Waals surface area contributed by atoms with E-state index in [4.69, 9.17) is 9.15 Å².